The van der Waals surface area contributed by atoms with E-state index in [1.54, 1.807) is 13.1 Å². The lowest BCUT2D eigenvalue weighted by Crippen LogP contribution is -2.58. The number of halogens is 1. The van der Waals surface area contributed by atoms with Crippen molar-refractivity contribution >= 4 is 28.9 Å². The van der Waals surface area contributed by atoms with Gasteiger partial charge in [0.2, 0.25) is 0 Å². The van der Waals surface area contributed by atoms with E-state index in [4.69, 9.17) is 40.0 Å². The number of benzene rings is 1. The van der Waals surface area contributed by atoms with E-state index in [1.807, 2.05) is 12.1 Å². The number of hydrogen-bond donors (Lipinski definition) is 0. The SMILES string of the molecule is CCCCOC[C@H]1O[C@@H](c2ccc(Cl)c(Cc3ncc(C(=O)OCC)s3)c2)[C@H](OCCCC)[C@@H](OCCCC)[C@@H]1OCCCC. The topological polar surface area (TPSA) is 85.3 Å². The van der Waals surface area contributed by atoms with Crippen LogP contribution in [0, 0.1) is 0 Å². The van der Waals surface area contributed by atoms with Crippen molar-refractivity contribution in [3.63, 3.8) is 0 Å². The van der Waals surface area contributed by atoms with Crippen LogP contribution < -0.4 is 0 Å². The van der Waals surface area contributed by atoms with Crippen molar-refractivity contribution in [2.24, 2.45) is 0 Å². The molecule has 1 saturated heterocycles. The third-order valence-electron chi connectivity index (χ3n) is 7.75. The monoisotopic (exact) mass is 667 g/mol. The molecule has 1 aromatic heterocycles. The fourth-order valence-electron chi connectivity index (χ4n) is 5.19. The number of ether oxygens (including phenoxy) is 6. The van der Waals surface area contributed by atoms with Crippen LogP contribution in [-0.2, 0) is 34.8 Å². The summed E-state index contributed by atoms with van der Waals surface area (Å²) >= 11 is 8.05. The highest BCUT2D eigenvalue weighted by molar-refractivity contribution is 7.13. The van der Waals surface area contributed by atoms with Gasteiger partial charge >= 0.3 is 5.97 Å². The molecule has 254 valence electrons. The Balaban J connectivity index is 1.97. The number of rotatable bonds is 22. The minimum Gasteiger partial charge on any atom is -0.462 e. The maximum Gasteiger partial charge on any atom is 0.349 e. The van der Waals surface area contributed by atoms with Crippen LogP contribution in [0.25, 0.3) is 0 Å². The second-order valence-corrected chi connectivity index (χ2v) is 13.0. The van der Waals surface area contributed by atoms with Crippen molar-refractivity contribution in [3.8, 4) is 0 Å². The average molecular weight is 668 g/mol. The van der Waals surface area contributed by atoms with Crippen LogP contribution in [-0.4, -0.2) is 75.0 Å². The molecule has 0 spiro atoms. The predicted molar refractivity (Wildman–Crippen MR) is 180 cm³/mol. The van der Waals surface area contributed by atoms with Crippen molar-refractivity contribution in [3.05, 3.63) is 50.4 Å². The molecule has 5 atom stereocenters. The molecule has 0 amide bonds. The summed E-state index contributed by atoms with van der Waals surface area (Å²) in [6, 6.07) is 5.99. The number of carbonyl (C=O) groups is 1. The molecule has 0 radical (unpaired) electrons. The molecule has 0 N–H and O–H groups in total. The van der Waals surface area contributed by atoms with Gasteiger partial charge in [0.25, 0.3) is 0 Å². The molecule has 3 rings (SSSR count). The second-order valence-electron chi connectivity index (χ2n) is 11.5. The molecule has 1 aliphatic heterocycles. The Hall–Kier alpha value is -1.59. The first-order valence-electron chi connectivity index (χ1n) is 16.9. The Bertz CT molecular complexity index is 1120. The zero-order valence-corrected chi connectivity index (χ0v) is 29.5. The third kappa shape index (κ3) is 11.9. The number of hydrogen-bond acceptors (Lipinski definition) is 9. The fraction of sp³-hybridized carbons (Fsp3) is 0.714. The minimum absolute atomic E-state index is 0.318. The number of nitrogens with zero attached hydrogens (tertiary/aromatic N) is 1. The van der Waals surface area contributed by atoms with Gasteiger partial charge < -0.3 is 28.4 Å². The highest BCUT2D eigenvalue weighted by Gasteiger charge is 2.48. The predicted octanol–water partition coefficient (Wildman–Crippen LogP) is 8.38. The van der Waals surface area contributed by atoms with Crippen LogP contribution in [0.3, 0.4) is 0 Å². The average Bonchev–Trinajstić information content (AvgIpc) is 3.51. The van der Waals surface area contributed by atoms with Crippen LogP contribution in [0.2, 0.25) is 5.02 Å². The molecule has 8 nitrogen and oxygen atoms in total. The van der Waals surface area contributed by atoms with E-state index in [-0.39, 0.29) is 30.4 Å². The molecule has 45 heavy (non-hydrogen) atoms. The third-order valence-corrected chi connectivity index (χ3v) is 9.10. The fourth-order valence-corrected chi connectivity index (χ4v) is 6.21. The van der Waals surface area contributed by atoms with Gasteiger partial charge in [-0.15, -0.1) is 11.3 Å². The van der Waals surface area contributed by atoms with Crippen LogP contribution in [0.1, 0.15) is 118 Å². The number of thiazole rings is 1. The summed E-state index contributed by atoms with van der Waals surface area (Å²) in [4.78, 5) is 17.2. The molecule has 1 aliphatic rings. The van der Waals surface area contributed by atoms with Gasteiger partial charge in [-0.05, 0) is 49.8 Å². The highest BCUT2D eigenvalue weighted by Crippen LogP contribution is 2.39. The van der Waals surface area contributed by atoms with Gasteiger partial charge in [0, 0.05) is 37.9 Å². The Labute approximate surface area is 279 Å². The van der Waals surface area contributed by atoms with Crippen LogP contribution in [0.4, 0.5) is 0 Å². The van der Waals surface area contributed by atoms with Gasteiger partial charge in [0.15, 0.2) is 0 Å². The highest BCUT2D eigenvalue weighted by atomic mass is 35.5. The molecule has 10 heteroatoms. The lowest BCUT2D eigenvalue weighted by Gasteiger charge is -2.46. The number of esters is 1. The normalized spacial score (nSPS) is 21.7. The van der Waals surface area contributed by atoms with Crippen LogP contribution in [0.5, 0.6) is 0 Å². The maximum absolute atomic E-state index is 12.2. The molecule has 0 bridgehead atoms. The van der Waals surface area contributed by atoms with Gasteiger partial charge in [0.1, 0.15) is 35.4 Å². The van der Waals surface area contributed by atoms with Crippen LogP contribution >= 0.6 is 22.9 Å². The largest absolute Gasteiger partial charge is 0.462 e. The molecular formula is C35H54ClNO7S. The molecule has 1 aromatic carbocycles. The van der Waals surface area contributed by atoms with E-state index in [9.17, 15) is 4.79 Å². The second kappa shape index (κ2) is 21.3. The minimum atomic E-state index is -0.415. The van der Waals surface area contributed by atoms with Gasteiger partial charge in [-0.2, -0.15) is 0 Å². The Morgan fingerprint density at radius 1 is 0.867 bits per heavy atom. The summed E-state index contributed by atoms with van der Waals surface area (Å²) in [5, 5.41) is 1.41. The van der Waals surface area contributed by atoms with E-state index in [2.05, 4.69) is 38.7 Å². The van der Waals surface area contributed by atoms with Gasteiger partial charge in [-0.3, -0.25) is 0 Å². The summed E-state index contributed by atoms with van der Waals surface area (Å²) in [5.74, 6) is -0.360. The summed E-state index contributed by atoms with van der Waals surface area (Å²) in [6.45, 7) is 13.7. The van der Waals surface area contributed by atoms with Crippen molar-refractivity contribution in [2.45, 2.75) is 123 Å². The van der Waals surface area contributed by atoms with Gasteiger partial charge in [-0.25, -0.2) is 9.78 Å². The summed E-state index contributed by atoms with van der Waals surface area (Å²) in [7, 11) is 0. The Morgan fingerprint density at radius 2 is 1.49 bits per heavy atom. The lowest BCUT2D eigenvalue weighted by atomic mass is 9.89. The summed E-state index contributed by atoms with van der Waals surface area (Å²) < 4.78 is 38.0. The number of aromatic nitrogens is 1. The van der Waals surface area contributed by atoms with Crippen LogP contribution in [0.15, 0.2) is 24.4 Å². The molecule has 0 aliphatic carbocycles. The summed E-state index contributed by atoms with van der Waals surface area (Å²) in [6.07, 6.45) is 8.29. The molecule has 2 heterocycles. The molecule has 0 saturated carbocycles. The van der Waals surface area contributed by atoms with E-state index in [0.29, 0.717) is 56.0 Å². The zero-order valence-electron chi connectivity index (χ0n) is 27.9. The first kappa shape index (κ1) is 37.9. The lowest BCUT2D eigenvalue weighted by molar-refractivity contribution is -0.268. The molecule has 1 fully saturated rings. The van der Waals surface area contributed by atoms with Crippen molar-refractivity contribution < 1.29 is 33.2 Å². The molecule has 2 aromatic rings. The van der Waals surface area contributed by atoms with E-state index < -0.39 is 6.10 Å². The van der Waals surface area contributed by atoms with Crippen molar-refractivity contribution in [1.82, 2.24) is 4.98 Å². The number of carbonyl (C=O) groups excluding carboxylic acids is 1. The van der Waals surface area contributed by atoms with E-state index >= 15 is 0 Å². The molecule has 0 unspecified atom stereocenters. The standard InChI is InChI=1S/C35H54ClNO7S/c1-6-11-17-39-24-28-32(41-18-12-7-2)34(43-20-14-9-4)33(42-19-13-8-3)31(44-28)25-15-16-27(36)26(21-25)22-30-37-23-29(45-30)35(38)40-10-5/h15-16,21,23,28,31-34H,6-14,17-20,22,24H2,1-5H3/t28-,31+,32-,33+,34+/m1/s1. The zero-order chi connectivity index (χ0) is 32.4. The molecular weight excluding hydrogens is 614 g/mol. The first-order chi connectivity index (χ1) is 22.0. The maximum atomic E-state index is 12.2. The quantitative estimate of drug-likeness (QED) is 0.0915. The number of unbranched alkanes of at least 4 members (excludes halogenated alkanes) is 4. The van der Waals surface area contributed by atoms with E-state index in [0.717, 1.165) is 67.5 Å². The Morgan fingerprint density at radius 3 is 2.13 bits per heavy atom. The van der Waals surface area contributed by atoms with E-state index in [1.165, 1.54) is 11.3 Å². The van der Waals surface area contributed by atoms with Crippen molar-refractivity contribution in [2.75, 3.05) is 39.6 Å². The van der Waals surface area contributed by atoms with Gasteiger partial charge in [0.05, 0.1) is 24.4 Å². The van der Waals surface area contributed by atoms with Gasteiger partial charge in [-0.1, -0.05) is 77.1 Å². The Kier molecular flexibility index (Phi) is 17.9. The first-order valence-corrected chi connectivity index (χ1v) is 18.1. The smallest absolute Gasteiger partial charge is 0.349 e. The summed E-state index contributed by atoms with van der Waals surface area (Å²) in [5.41, 5.74) is 1.85. The van der Waals surface area contributed by atoms with Crippen molar-refractivity contribution in [1.29, 1.82) is 0 Å².